The van der Waals surface area contributed by atoms with E-state index in [1.807, 2.05) is 12.1 Å². The highest BCUT2D eigenvalue weighted by molar-refractivity contribution is 4.80. The summed E-state index contributed by atoms with van der Waals surface area (Å²) < 4.78 is 4.58. The van der Waals surface area contributed by atoms with Gasteiger partial charge in [0.1, 0.15) is 0 Å². The third kappa shape index (κ3) is 4.40. The van der Waals surface area contributed by atoms with Crippen LogP contribution in [0, 0.1) is 17.8 Å². The van der Waals surface area contributed by atoms with Crippen LogP contribution in [0.1, 0.15) is 40.0 Å². The summed E-state index contributed by atoms with van der Waals surface area (Å²) in [6, 6.07) is 3.67. The van der Waals surface area contributed by atoms with Crippen molar-refractivity contribution in [2.24, 2.45) is 17.8 Å². The summed E-state index contributed by atoms with van der Waals surface area (Å²) in [6.45, 7) is 6.66. The smallest absolute Gasteiger partial charge is 0.0902 e. The number of hydrogen-bond donors (Lipinski definition) is 1. The Morgan fingerprint density at radius 2 is 1.81 bits per heavy atom. The van der Waals surface area contributed by atoms with Gasteiger partial charge < -0.3 is 9.52 Å². The van der Waals surface area contributed by atoms with E-state index >= 15 is 0 Å². The molecule has 0 aromatic carbocycles. The minimum absolute atomic E-state index is 0.0289. The number of rotatable bonds is 1. The first kappa shape index (κ1) is 13.3. The Bertz CT molecular complexity index is 236. The monoisotopic (exact) mass is 224 g/mol. The first-order valence-corrected chi connectivity index (χ1v) is 6.26. The first-order valence-electron chi connectivity index (χ1n) is 6.26. The van der Waals surface area contributed by atoms with E-state index in [-0.39, 0.29) is 6.10 Å². The van der Waals surface area contributed by atoms with Crippen molar-refractivity contribution < 1.29 is 9.52 Å². The number of furan rings is 1. The van der Waals surface area contributed by atoms with E-state index in [2.05, 4.69) is 25.2 Å². The van der Waals surface area contributed by atoms with Gasteiger partial charge in [0.05, 0.1) is 18.6 Å². The molecule has 1 aliphatic rings. The molecule has 0 saturated heterocycles. The largest absolute Gasteiger partial charge is 0.473 e. The van der Waals surface area contributed by atoms with Crippen LogP contribution < -0.4 is 0 Å². The van der Waals surface area contributed by atoms with Crippen LogP contribution in [0.25, 0.3) is 0 Å². The van der Waals surface area contributed by atoms with Gasteiger partial charge in [-0.05, 0) is 42.7 Å². The molecule has 3 atom stereocenters. The molecule has 3 unspecified atom stereocenters. The first-order chi connectivity index (χ1) is 7.61. The number of aliphatic hydroxyl groups is 1. The van der Waals surface area contributed by atoms with Gasteiger partial charge in [-0.2, -0.15) is 0 Å². The van der Waals surface area contributed by atoms with E-state index in [0.717, 1.165) is 12.3 Å². The van der Waals surface area contributed by atoms with Crippen LogP contribution in [0.5, 0.6) is 0 Å². The Labute approximate surface area is 98.7 Å². The van der Waals surface area contributed by atoms with Crippen molar-refractivity contribution in [1.82, 2.24) is 0 Å². The van der Waals surface area contributed by atoms with E-state index in [1.54, 1.807) is 12.5 Å². The van der Waals surface area contributed by atoms with Crippen LogP contribution in [0.3, 0.4) is 0 Å². The molecule has 1 aromatic rings. The van der Waals surface area contributed by atoms with Crippen LogP contribution in [-0.2, 0) is 0 Å². The van der Waals surface area contributed by atoms with Gasteiger partial charge >= 0.3 is 0 Å². The van der Waals surface area contributed by atoms with Crippen molar-refractivity contribution in [3.63, 3.8) is 0 Å². The van der Waals surface area contributed by atoms with Crippen molar-refractivity contribution in [3.05, 3.63) is 24.7 Å². The summed E-state index contributed by atoms with van der Waals surface area (Å²) in [5.41, 5.74) is 0. The average Bonchev–Trinajstić information content (AvgIpc) is 2.74. The Balaban J connectivity index is 0.000000212. The van der Waals surface area contributed by atoms with E-state index in [1.165, 1.54) is 12.8 Å². The van der Waals surface area contributed by atoms with E-state index in [0.29, 0.717) is 11.8 Å². The lowest BCUT2D eigenvalue weighted by Gasteiger charge is -2.33. The predicted octanol–water partition coefficient (Wildman–Crippen LogP) is 3.72. The average molecular weight is 224 g/mol. The van der Waals surface area contributed by atoms with E-state index in [4.69, 9.17) is 0 Å². The van der Waals surface area contributed by atoms with Gasteiger partial charge in [0.25, 0.3) is 0 Å². The van der Waals surface area contributed by atoms with Crippen LogP contribution in [0.2, 0.25) is 0 Å². The maximum absolute atomic E-state index is 9.71. The second-order valence-corrected chi connectivity index (χ2v) is 5.19. The molecule has 16 heavy (non-hydrogen) atoms. The molecule has 0 bridgehead atoms. The van der Waals surface area contributed by atoms with Crippen molar-refractivity contribution >= 4 is 0 Å². The van der Waals surface area contributed by atoms with Crippen molar-refractivity contribution in [3.8, 4) is 0 Å². The van der Waals surface area contributed by atoms with Gasteiger partial charge in [-0.25, -0.2) is 0 Å². The Hall–Kier alpha value is -0.760. The van der Waals surface area contributed by atoms with Crippen LogP contribution in [0.4, 0.5) is 0 Å². The predicted molar refractivity (Wildman–Crippen MR) is 66.1 cm³/mol. The second kappa shape index (κ2) is 6.74. The zero-order valence-electron chi connectivity index (χ0n) is 10.6. The molecule has 2 rings (SSSR count). The molecular weight excluding hydrogens is 200 g/mol. The molecule has 0 spiro atoms. The van der Waals surface area contributed by atoms with Gasteiger partial charge in [-0.1, -0.05) is 27.2 Å². The van der Waals surface area contributed by atoms with E-state index in [9.17, 15) is 5.11 Å². The zero-order chi connectivity index (χ0) is 12.0. The molecule has 1 heterocycles. The summed E-state index contributed by atoms with van der Waals surface area (Å²) in [6.07, 6.45) is 6.77. The standard InChI is InChI=1S/C10H20O.C4H4O/c1-7(2)9-5-4-8(3)6-10(9)11;1-2-4-5-3-1/h7-11H,4-6H2,1-3H3;1-4H. The molecule has 1 fully saturated rings. The molecule has 2 heteroatoms. The highest BCUT2D eigenvalue weighted by Gasteiger charge is 2.28. The highest BCUT2D eigenvalue weighted by atomic mass is 16.3. The molecule has 92 valence electrons. The topological polar surface area (TPSA) is 33.4 Å². The normalized spacial score (nSPS) is 29.7. The fraction of sp³-hybridized carbons (Fsp3) is 0.714. The summed E-state index contributed by atoms with van der Waals surface area (Å²) in [5, 5.41) is 9.71. The van der Waals surface area contributed by atoms with Gasteiger partial charge in [0.15, 0.2) is 0 Å². The van der Waals surface area contributed by atoms with Crippen LogP contribution >= 0.6 is 0 Å². The van der Waals surface area contributed by atoms with Gasteiger partial charge in [-0.15, -0.1) is 0 Å². The summed E-state index contributed by atoms with van der Waals surface area (Å²) in [5.74, 6) is 1.95. The quantitative estimate of drug-likeness (QED) is 0.788. The summed E-state index contributed by atoms with van der Waals surface area (Å²) in [7, 11) is 0. The van der Waals surface area contributed by atoms with Gasteiger partial charge in [0.2, 0.25) is 0 Å². The lowest BCUT2D eigenvalue weighted by atomic mass is 9.75. The maximum Gasteiger partial charge on any atom is 0.0902 e. The Kier molecular flexibility index (Phi) is 5.61. The number of aliphatic hydroxyl groups excluding tert-OH is 1. The minimum atomic E-state index is -0.0289. The van der Waals surface area contributed by atoms with Crippen molar-refractivity contribution in [2.45, 2.75) is 46.1 Å². The maximum atomic E-state index is 9.71. The third-order valence-electron chi connectivity index (χ3n) is 3.41. The molecular formula is C14H24O2. The zero-order valence-corrected chi connectivity index (χ0v) is 10.6. The van der Waals surface area contributed by atoms with Crippen molar-refractivity contribution in [1.29, 1.82) is 0 Å². The molecule has 0 aliphatic heterocycles. The fourth-order valence-electron chi connectivity index (χ4n) is 2.38. The lowest BCUT2D eigenvalue weighted by molar-refractivity contribution is 0.0266. The highest BCUT2D eigenvalue weighted by Crippen LogP contribution is 2.33. The van der Waals surface area contributed by atoms with Crippen molar-refractivity contribution in [2.75, 3.05) is 0 Å². The third-order valence-corrected chi connectivity index (χ3v) is 3.41. The van der Waals surface area contributed by atoms with Crippen LogP contribution in [0.15, 0.2) is 29.1 Å². The Morgan fingerprint density at radius 1 is 1.19 bits per heavy atom. The minimum Gasteiger partial charge on any atom is -0.473 e. The summed E-state index contributed by atoms with van der Waals surface area (Å²) >= 11 is 0. The Morgan fingerprint density at radius 3 is 2.19 bits per heavy atom. The molecule has 0 radical (unpaired) electrons. The van der Waals surface area contributed by atoms with Gasteiger partial charge in [-0.3, -0.25) is 0 Å². The SMILES string of the molecule is CC1CCC(C(C)C)C(O)C1.c1ccoc1. The number of hydrogen-bond acceptors (Lipinski definition) is 2. The molecule has 1 saturated carbocycles. The second-order valence-electron chi connectivity index (χ2n) is 5.19. The molecule has 1 aliphatic carbocycles. The van der Waals surface area contributed by atoms with E-state index < -0.39 is 0 Å². The molecule has 1 aromatic heterocycles. The molecule has 1 N–H and O–H groups in total. The summed E-state index contributed by atoms with van der Waals surface area (Å²) in [4.78, 5) is 0. The molecule has 2 nitrogen and oxygen atoms in total. The molecule has 0 amide bonds. The van der Waals surface area contributed by atoms with Crippen LogP contribution in [-0.4, -0.2) is 11.2 Å². The fourth-order valence-corrected chi connectivity index (χ4v) is 2.38. The lowest BCUT2D eigenvalue weighted by Crippen LogP contribution is -2.31. The van der Waals surface area contributed by atoms with Gasteiger partial charge in [0, 0.05) is 0 Å².